The van der Waals surface area contributed by atoms with E-state index in [0.29, 0.717) is 10.6 Å². The van der Waals surface area contributed by atoms with Gasteiger partial charge in [-0.3, -0.25) is 4.79 Å². The lowest BCUT2D eigenvalue weighted by Crippen LogP contribution is -2.31. The quantitative estimate of drug-likeness (QED) is 0.335. The summed E-state index contributed by atoms with van der Waals surface area (Å²) in [6.07, 6.45) is -4.12. The van der Waals surface area contributed by atoms with Crippen molar-refractivity contribution < 1.29 is 23.6 Å². The van der Waals surface area contributed by atoms with Gasteiger partial charge in [0.05, 0.1) is 33.4 Å². The van der Waals surface area contributed by atoms with Gasteiger partial charge in [0.2, 0.25) is 0 Å². The van der Waals surface area contributed by atoms with Crippen molar-refractivity contribution in [3.8, 4) is 0 Å². The van der Waals surface area contributed by atoms with E-state index in [1.807, 2.05) is 0 Å². The molecule has 2 N–H and O–H groups in total. The molecule has 0 aliphatic heterocycles. The molecule has 1 aliphatic rings. The number of nitrogens with zero attached hydrogens (tertiary/aromatic N) is 2. The van der Waals surface area contributed by atoms with Crippen molar-refractivity contribution >= 4 is 28.2 Å². The maximum Gasteiger partial charge on any atom is 0.416 e. The van der Waals surface area contributed by atoms with Crippen LogP contribution < -0.4 is 5.43 Å². The second-order valence-electron chi connectivity index (χ2n) is 6.90. The van der Waals surface area contributed by atoms with Crippen LogP contribution in [0.15, 0.2) is 52.4 Å². The fraction of sp³-hybridized carbons (Fsp3) is 0.200. The fourth-order valence-corrected chi connectivity index (χ4v) is 3.96. The van der Waals surface area contributed by atoms with E-state index in [1.165, 1.54) is 30.3 Å². The zero-order valence-corrected chi connectivity index (χ0v) is 15.5. The average Bonchev–Trinajstić information content (AvgIpc) is 2.70. The van der Waals surface area contributed by atoms with Gasteiger partial charge in [0, 0.05) is 11.4 Å². The van der Waals surface area contributed by atoms with E-state index >= 15 is 0 Å². The first-order valence-electron chi connectivity index (χ1n) is 8.65. The van der Waals surface area contributed by atoms with E-state index in [0.717, 1.165) is 16.9 Å². The predicted octanol–water partition coefficient (Wildman–Crippen LogP) is 4.82. The Hall–Kier alpha value is -3.00. The van der Waals surface area contributed by atoms with Crippen molar-refractivity contribution in [3.63, 3.8) is 0 Å². The maximum atomic E-state index is 12.9. The molecule has 0 amide bonds. The average molecular weight is 423 g/mol. The van der Waals surface area contributed by atoms with Crippen molar-refractivity contribution in [2.24, 2.45) is 5.16 Å². The normalized spacial score (nSPS) is 18.2. The van der Waals surface area contributed by atoms with Crippen LogP contribution in [0, 0.1) is 0 Å². The standard InChI is InChI=1S/C20H14ClF3N2O3/c21-13-5-6-16-14(9-13)19(27)18-15(25-28)7-11(8-17(18)26(16)29)10-1-3-12(4-2-10)20(22,23)24/h1-6,9,11,28-29H,7-8H2/b25-15+. The lowest BCUT2D eigenvalue weighted by Gasteiger charge is -2.27. The molecular formula is C20H14ClF3N2O3. The summed E-state index contributed by atoms with van der Waals surface area (Å²) in [5.41, 5.74) is -0.0126. The Labute approximate surface area is 167 Å². The summed E-state index contributed by atoms with van der Waals surface area (Å²) < 4.78 is 39.3. The topological polar surface area (TPSA) is 74.8 Å². The Morgan fingerprint density at radius 3 is 2.41 bits per heavy atom. The molecule has 0 radical (unpaired) electrons. The lowest BCUT2D eigenvalue weighted by atomic mass is 9.80. The van der Waals surface area contributed by atoms with Crippen LogP contribution in [0.5, 0.6) is 0 Å². The lowest BCUT2D eigenvalue weighted by molar-refractivity contribution is -0.137. The van der Waals surface area contributed by atoms with Gasteiger partial charge >= 0.3 is 6.18 Å². The number of halogens is 4. The first-order chi connectivity index (χ1) is 13.7. The first kappa shape index (κ1) is 19.3. The van der Waals surface area contributed by atoms with Crippen LogP contribution in [0.4, 0.5) is 13.2 Å². The van der Waals surface area contributed by atoms with Gasteiger partial charge in [-0.2, -0.15) is 17.9 Å². The number of alkyl halides is 3. The van der Waals surface area contributed by atoms with Crippen LogP contribution in [-0.4, -0.2) is 20.9 Å². The monoisotopic (exact) mass is 422 g/mol. The van der Waals surface area contributed by atoms with Crippen molar-refractivity contribution in [2.45, 2.75) is 24.9 Å². The molecule has 4 rings (SSSR count). The Bertz CT molecular complexity index is 1200. The fourth-order valence-electron chi connectivity index (χ4n) is 3.79. The molecule has 29 heavy (non-hydrogen) atoms. The van der Waals surface area contributed by atoms with Gasteiger partial charge in [0.25, 0.3) is 0 Å². The third kappa shape index (κ3) is 3.23. The van der Waals surface area contributed by atoms with Crippen LogP contribution in [0.1, 0.15) is 34.7 Å². The highest BCUT2D eigenvalue weighted by molar-refractivity contribution is 6.31. The van der Waals surface area contributed by atoms with E-state index < -0.39 is 17.2 Å². The molecule has 0 fully saturated rings. The summed E-state index contributed by atoms with van der Waals surface area (Å²) in [7, 11) is 0. The number of benzene rings is 2. The minimum atomic E-state index is -4.44. The molecule has 2 aromatic carbocycles. The molecule has 150 valence electrons. The highest BCUT2D eigenvalue weighted by Gasteiger charge is 2.33. The van der Waals surface area contributed by atoms with Crippen molar-refractivity contribution in [1.29, 1.82) is 0 Å². The molecule has 1 aromatic heterocycles. The highest BCUT2D eigenvalue weighted by Crippen LogP contribution is 2.35. The van der Waals surface area contributed by atoms with Crippen LogP contribution in [0.2, 0.25) is 5.02 Å². The van der Waals surface area contributed by atoms with Crippen LogP contribution in [0.25, 0.3) is 10.9 Å². The maximum absolute atomic E-state index is 12.9. The zero-order chi connectivity index (χ0) is 20.9. The summed E-state index contributed by atoms with van der Waals surface area (Å²) in [5.74, 6) is -0.377. The molecule has 1 atom stereocenters. The molecule has 9 heteroatoms. The molecule has 0 saturated heterocycles. The third-order valence-corrected chi connectivity index (χ3v) is 5.44. The number of oxime groups is 1. The van der Waals surface area contributed by atoms with Crippen molar-refractivity contribution in [3.05, 3.63) is 80.1 Å². The van der Waals surface area contributed by atoms with Crippen LogP contribution in [-0.2, 0) is 12.6 Å². The molecule has 0 saturated carbocycles. The van der Waals surface area contributed by atoms with Gasteiger partial charge in [-0.25, -0.2) is 0 Å². The Balaban J connectivity index is 1.84. The van der Waals surface area contributed by atoms with E-state index in [2.05, 4.69) is 5.16 Å². The zero-order valence-electron chi connectivity index (χ0n) is 14.7. The molecule has 1 aliphatic carbocycles. The molecule has 0 bridgehead atoms. The summed E-state index contributed by atoms with van der Waals surface area (Å²) in [6.45, 7) is 0. The smallest absolute Gasteiger partial charge is 0.416 e. The molecule has 5 nitrogen and oxygen atoms in total. The Kier molecular flexibility index (Phi) is 4.53. The molecule has 1 unspecified atom stereocenters. The SMILES string of the molecule is O=c1c2c(n(O)c3ccc(Cl)cc13)CC(c1ccc(C(F)(F)F)cc1)C/C2=N\O. The van der Waals surface area contributed by atoms with Crippen molar-refractivity contribution in [2.75, 3.05) is 0 Å². The van der Waals surface area contributed by atoms with E-state index in [1.54, 1.807) is 0 Å². The molecule has 0 spiro atoms. The summed E-state index contributed by atoms with van der Waals surface area (Å²) >= 11 is 5.95. The van der Waals surface area contributed by atoms with E-state index in [9.17, 15) is 28.4 Å². The van der Waals surface area contributed by atoms with Gasteiger partial charge in [0.1, 0.15) is 0 Å². The van der Waals surface area contributed by atoms with Crippen LogP contribution in [0.3, 0.4) is 0 Å². The molecule has 3 aromatic rings. The number of aromatic nitrogens is 1. The van der Waals surface area contributed by atoms with E-state index in [-0.39, 0.29) is 46.6 Å². The number of pyridine rings is 1. The van der Waals surface area contributed by atoms with Crippen molar-refractivity contribution in [1.82, 2.24) is 4.73 Å². The van der Waals surface area contributed by atoms with Gasteiger partial charge in [-0.1, -0.05) is 28.9 Å². The molecule has 1 heterocycles. The second-order valence-corrected chi connectivity index (χ2v) is 7.33. The minimum absolute atomic E-state index is 0.0609. The predicted molar refractivity (Wildman–Crippen MR) is 101 cm³/mol. The first-order valence-corrected chi connectivity index (χ1v) is 9.03. The van der Waals surface area contributed by atoms with E-state index in [4.69, 9.17) is 11.6 Å². The number of fused-ring (bicyclic) bond motifs is 2. The third-order valence-electron chi connectivity index (χ3n) is 5.20. The van der Waals surface area contributed by atoms with Gasteiger partial charge in [0.15, 0.2) is 5.43 Å². The number of hydrogen-bond donors (Lipinski definition) is 2. The Morgan fingerprint density at radius 2 is 1.79 bits per heavy atom. The molecular weight excluding hydrogens is 409 g/mol. The largest absolute Gasteiger partial charge is 0.428 e. The number of hydrogen-bond acceptors (Lipinski definition) is 4. The van der Waals surface area contributed by atoms with Crippen LogP contribution >= 0.6 is 11.6 Å². The highest BCUT2D eigenvalue weighted by atomic mass is 35.5. The number of rotatable bonds is 1. The van der Waals surface area contributed by atoms with Gasteiger partial charge in [-0.05, 0) is 48.2 Å². The summed E-state index contributed by atoms with van der Waals surface area (Å²) in [4.78, 5) is 12.9. The minimum Gasteiger partial charge on any atom is -0.428 e. The van der Waals surface area contributed by atoms with Gasteiger partial charge in [-0.15, -0.1) is 0 Å². The second kappa shape index (κ2) is 6.81. The van der Waals surface area contributed by atoms with Gasteiger partial charge < -0.3 is 10.4 Å². The Morgan fingerprint density at radius 1 is 1.10 bits per heavy atom. The summed E-state index contributed by atoms with van der Waals surface area (Å²) in [6, 6.07) is 9.12. The summed E-state index contributed by atoms with van der Waals surface area (Å²) in [5, 5.41) is 23.9.